The quantitative estimate of drug-likeness (QED) is 0.755. The summed E-state index contributed by atoms with van der Waals surface area (Å²) in [7, 11) is 0. The second-order valence-corrected chi connectivity index (χ2v) is 5.22. The molecular formula is C14H20BrNO3. The highest BCUT2D eigenvalue weighted by atomic mass is 79.9. The van der Waals surface area contributed by atoms with Crippen LogP contribution >= 0.6 is 15.9 Å². The van der Waals surface area contributed by atoms with Crippen LogP contribution in [-0.2, 0) is 9.53 Å². The fourth-order valence-electron chi connectivity index (χ4n) is 1.66. The standard InChI is InChI=1S/C14H20BrNO3/c1-3-19-9-8-13(17)16-10(2)14(18)11-4-6-12(15)7-5-11/h4-7,10,14,18H,3,8-9H2,1-2H3,(H,16,17). The van der Waals surface area contributed by atoms with E-state index >= 15 is 0 Å². The predicted molar refractivity (Wildman–Crippen MR) is 77.8 cm³/mol. The Hall–Kier alpha value is -0.910. The number of hydrogen-bond acceptors (Lipinski definition) is 3. The number of aliphatic hydroxyl groups excluding tert-OH is 1. The second-order valence-electron chi connectivity index (χ2n) is 4.30. The first-order valence-electron chi connectivity index (χ1n) is 6.35. The Kier molecular flexibility index (Phi) is 7.05. The molecule has 0 radical (unpaired) electrons. The fourth-order valence-corrected chi connectivity index (χ4v) is 1.93. The summed E-state index contributed by atoms with van der Waals surface area (Å²) in [5.74, 6) is -0.114. The first-order chi connectivity index (χ1) is 9.04. The maximum absolute atomic E-state index is 11.6. The van der Waals surface area contributed by atoms with Gasteiger partial charge >= 0.3 is 0 Å². The number of benzene rings is 1. The molecule has 19 heavy (non-hydrogen) atoms. The van der Waals surface area contributed by atoms with Crippen molar-refractivity contribution >= 4 is 21.8 Å². The highest BCUT2D eigenvalue weighted by Crippen LogP contribution is 2.19. The lowest BCUT2D eigenvalue weighted by atomic mass is 10.0. The minimum absolute atomic E-state index is 0.114. The van der Waals surface area contributed by atoms with Crippen molar-refractivity contribution in [3.63, 3.8) is 0 Å². The van der Waals surface area contributed by atoms with E-state index in [1.165, 1.54) is 0 Å². The topological polar surface area (TPSA) is 58.6 Å². The van der Waals surface area contributed by atoms with Crippen LogP contribution in [0.2, 0.25) is 0 Å². The van der Waals surface area contributed by atoms with E-state index in [1.54, 1.807) is 6.92 Å². The van der Waals surface area contributed by atoms with Gasteiger partial charge in [-0.15, -0.1) is 0 Å². The summed E-state index contributed by atoms with van der Waals surface area (Å²) in [6.07, 6.45) is -0.408. The Morgan fingerprint density at radius 3 is 2.63 bits per heavy atom. The van der Waals surface area contributed by atoms with E-state index in [4.69, 9.17) is 4.74 Å². The van der Waals surface area contributed by atoms with Crippen molar-refractivity contribution in [3.05, 3.63) is 34.3 Å². The fraction of sp³-hybridized carbons (Fsp3) is 0.500. The van der Waals surface area contributed by atoms with Gasteiger partial charge in [0, 0.05) is 17.5 Å². The van der Waals surface area contributed by atoms with Crippen LogP contribution in [0.25, 0.3) is 0 Å². The van der Waals surface area contributed by atoms with Gasteiger partial charge in [0.1, 0.15) is 0 Å². The molecule has 2 N–H and O–H groups in total. The average molecular weight is 330 g/mol. The van der Waals surface area contributed by atoms with Gasteiger partial charge in [-0.25, -0.2) is 0 Å². The molecule has 1 aromatic carbocycles. The summed E-state index contributed by atoms with van der Waals surface area (Å²) in [5.41, 5.74) is 0.779. The maximum Gasteiger partial charge on any atom is 0.222 e. The minimum Gasteiger partial charge on any atom is -0.386 e. The molecule has 0 aromatic heterocycles. The minimum atomic E-state index is -0.718. The molecule has 1 aromatic rings. The van der Waals surface area contributed by atoms with Gasteiger partial charge < -0.3 is 15.2 Å². The summed E-state index contributed by atoms with van der Waals surface area (Å²) in [6, 6.07) is 7.05. The smallest absolute Gasteiger partial charge is 0.222 e. The number of carbonyl (C=O) groups excluding carboxylic acids is 1. The third-order valence-corrected chi connectivity index (χ3v) is 3.28. The van der Waals surface area contributed by atoms with E-state index in [2.05, 4.69) is 21.2 Å². The number of nitrogens with one attached hydrogen (secondary N) is 1. The van der Waals surface area contributed by atoms with Gasteiger partial charge in [0.05, 0.1) is 18.8 Å². The van der Waals surface area contributed by atoms with Crippen LogP contribution in [0.1, 0.15) is 31.9 Å². The van der Waals surface area contributed by atoms with Gasteiger partial charge in [0.15, 0.2) is 0 Å². The molecule has 4 nitrogen and oxygen atoms in total. The molecule has 5 heteroatoms. The van der Waals surface area contributed by atoms with E-state index in [1.807, 2.05) is 31.2 Å². The van der Waals surface area contributed by atoms with Crippen molar-refractivity contribution < 1.29 is 14.6 Å². The monoisotopic (exact) mass is 329 g/mol. The molecule has 2 atom stereocenters. The van der Waals surface area contributed by atoms with Gasteiger partial charge in [0.25, 0.3) is 0 Å². The number of hydrogen-bond donors (Lipinski definition) is 2. The Balaban J connectivity index is 2.46. The normalized spacial score (nSPS) is 13.9. The zero-order valence-electron chi connectivity index (χ0n) is 11.2. The third-order valence-electron chi connectivity index (χ3n) is 2.75. The largest absolute Gasteiger partial charge is 0.386 e. The Bertz CT molecular complexity index is 394. The molecule has 0 saturated carbocycles. The van der Waals surface area contributed by atoms with Crippen LogP contribution in [0, 0.1) is 0 Å². The van der Waals surface area contributed by atoms with E-state index in [-0.39, 0.29) is 11.9 Å². The molecule has 2 unspecified atom stereocenters. The number of carbonyl (C=O) groups is 1. The van der Waals surface area contributed by atoms with Gasteiger partial charge in [-0.3, -0.25) is 4.79 Å². The molecule has 0 fully saturated rings. The summed E-state index contributed by atoms with van der Waals surface area (Å²) < 4.78 is 6.07. The lowest BCUT2D eigenvalue weighted by Crippen LogP contribution is -2.37. The Morgan fingerprint density at radius 2 is 2.05 bits per heavy atom. The Morgan fingerprint density at radius 1 is 1.42 bits per heavy atom. The number of aliphatic hydroxyl groups is 1. The van der Waals surface area contributed by atoms with Crippen molar-refractivity contribution in [3.8, 4) is 0 Å². The van der Waals surface area contributed by atoms with Crippen LogP contribution in [0.4, 0.5) is 0 Å². The van der Waals surface area contributed by atoms with Crippen molar-refractivity contribution in [2.45, 2.75) is 32.4 Å². The predicted octanol–water partition coefficient (Wildman–Crippen LogP) is 2.41. The van der Waals surface area contributed by atoms with E-state index in [0.29, 0.717) is 19.6 Å². The zero-order chi connectivity index (χ0) is 14.3. The van der Waals surface area contributed by atoms with Gasteiger partial charge in [-0.05, 0) is 31.5 Å². The van der Waals surface area contributed by atoms with Gasteiger partial charge in [-0.1, -0.05) is 28.1 Å². The second kappa shape index (κ2) is 8.30. The molecule has 1 rings (SSSR count). The van der Waals surface area contributed by atoms with Gasteiger partial charge in [0.2, 0.25) is 5.91 Å². The maximum atomic E-state index is 11.6. The lowest BCUT2D eigenvalue weighted by Gasteiger charge is -2.20. The molecular weight excluding hydrogens is 310 g/mol. The number of rotatable bonds is 7. The molecule has 0 heterocycles. The van der Waals surface area contributed by atoms with E-state index in [0.717, 1.165) is 10.0 Å². The SMILES string of the molecule is CCOCCC(=O)NC(C)C(O)c1ccc(Br)cc1. The first-order valence-corrected chi connectivity index (χ1v) is 7.14. The molecule has 0 aliphatic heterocycles. The number of amides is 1. The summed E-state index contributed by atoms with van der Waals surface area (Å²) >= 11 is 3.34. The molecule has 106 valence electrons. The summed E-state index contributed by atoms with van der Waals surface area (Å²) in [5, 5.41) is 12.9. The highest BCUT2D eigenvalue weighted by molar-refractivity contribution is 9.10. The molecule has 0 aliphatic carbocycles. The average Bonchev–Trinajstić information content (AvgIpc) is 2.39. The van der Waals surface area contributed by atoms with Crippen LogP contribution in [-0.4, -0.2) is 30.3 Å². The van der Waals surface area contributed by atoms with Crippen LogP contribution in [0.15, 0.2) is 28.7 Å². The van der Waals surface area contributed by atoms with Crippen molar-refractivity contribution in [1.29, 1.82) is 0 Å². The molecule has 0 bridgehead atoms. The molecule has 1 amide bonds. The molecule has 0 aliphatic rings. The van der Waals surface area contributed by atoms with Crippen molar-refractivity contribution in [2.24, 2.45) is 0 Å². The Labute approximate surface area is 122 Å². The van der Waals surface area contributed by atoms with Crippen LogP contribution in [0.3, 0.4) is 0 Å². The van der Waals surface area contributed by atoms with E-state index in [9.17, 15) is 9.90 Å². The number of ether oxygens (including phenoxy) is 1. The lowest BCUT2D eigenvalue weighted by molar-refractivity contribution is -0.123. The highest BCUT2D eigenvalue weighted by Gasteiger charge is 2.18. The van der Waals surface area contributed by atoms with E-state index < -0.39 is 6.10 Å². The van der Waals surface area contributed by atoms with Crippen molar-refractivity contribution in [2.75, 3.05) is 13.2 Å². The third kappa shape index (κ3) is 5.72. The summed E-state index contributed by atoms with van der Waals surface area (Å²) in [4.78, 5) is 11.6. The van der Waals surface area contributed by atoms with Crippen molar-refractivity contribution in [1.82, 2.24) is 5.32 Å². The summed E-state index contributed by atoms with van der Waals surface area (Å²) in [6.45, 7) is 4.68. The zero-order valence-corrected chi connectivity index (χ0v) is 12.8. The van der Waals surface area contributed by atoms with Crippen LogP contribution in [0.5, 0.6) is 0 Å². The molecule has 0 saturated heterocycles. The van der Waals surface area contributed by atoms with Gasteiger partial charge in [-0.2, -0.15) is 0 Å². The van der Waals surface area contributed by atoms with Crippen LogP contribution < -0.4 is 5.32 Å². The number of halogens is 1. The molecule has 0 spiro atoms. The first kappa shape index (κ1) is 16.1.